The summed E-state index contributed by atoms with van der Waals surface area (Å²) in [5, 5.41) is 2.98. The highest BCUT2D eigenvalue weighted by Crippen LogP contribution is 2.18. The average Bonchev–Trinajstić information content (AvgIpc) is 2.56. The largest absolute Gasteiger partial charge is 0.423 e. The molecular weight excluding hydrogens is 282 g/mol. The quantitative estimate of drug-likeness (QED) is 0.522. The molecule has 1 N–H and O–H groups in total. The topological polar surface area (TPSA) is 64.6 Å². The van der Waals surface area contributed by atoms with Gasteiger partial charge in [0, 0.05) is 18.8 Å². The Hall–Kier alpha value is -3.08. The van der Waals surface area contributed by atoms with Gasteiger partial charge in [-0.15, -0.1) is 0 Å². The first-order valence-electron chi connectivity index (χ1n) is 6.56. The Bertz CT molecular complexity index is 675. The summed E-state index contributed by atoms with van der Waals surface area (Å²) in [7, 11) is 1.81. The highest BCUT2D eigenvalue weighted by atomic mass is 16.5. The molecule has 0 radical (unpaired) electrons. The van der Waals surface area contributed by atoms with Crippen molar-refractivity contribution in [1.29, 1.82) is 0 Å². The van der Waals surface area contributed by atoms with E-state index in [-0.39, 0.29) is 0 Å². The van der Waals surface area contributed by atoms with Crippen LogP contribution in [0.3, 0.4) is 0 Å². The number of rotatable bonds is 5. The minimum absolute atomic E-state index is 0.333. The van der Waals surface area contributed by atoms with E-state index in [1.165, 1.54) is 24.3 Å². The lowest BCUT2D eigenvalue weighted by molar-refractivity contribution is -0.128. The van der Waals surface area contributed by atoms with Gasteiger partial charge in [0.05, 0.1) is 5.56 Å². The van der Waals surface area contributed by atoms with Gasteiger partial charge in [-0.25, -0.2) is 9.59 Å². The van der Waals surface area contributed by atoms with Gasteiger partial charge in [-0.2, -0.15) is 0 Å². The summed E-state index contributed by atoms with van der Waals surface area (Å²) < 4.78 is 10.2. The molecule has 2 aromatic rings. The molecule has 0 saturated carbocycles. The normalized spacial score (nSPS) is 9.68. The third-order valence-electron chi connectivity index (χ3n) is 2.83. The van der Waals surface area contributed by atoms with Gasteiger partial charge in [0.25, 0.3) is 0 Å². The number of ether oxygens (including phenoxy) is 2. The Labute approximate surface area is 128 Å². The summed E-state index contributed by atoms with van der Waals surface area (Å²) in [6.07, 6.45) is 1.07. The lowest BCUT2D eigenvalue weighted by Gasteiger charge is -2.06. The molecule has 0 aromatic heterocycles. The Balaban J connectivity index is 2.02. The fourth-order valence-corrected chi connectivity index (χ4v) is 1.67. The molecule has 5 nitrogen and oxygen atoms in total. The summed E-state index contributed by atoms with van der Waals surface area (Å²) in [5.41, 5.74) is 1.28. The van der Waals surface area contributed by atoms with Crippen molar-refractivity contribution < 1.29 is 19.1 Å². The van der Waals surface area contributed by atoms with Gasteiger partial charge in [-0.1, -0.05) is 6.58 Å². The van der Waals surface area contributed by atoms with Crippen molar-refractivity contribution in [2.24, 2.45) is 0 Å². The zero-order chi connectivity index (χ0) is 15.9. The molecule has 0 fully saturated rings. The minimum Gasteiger partial charge on any atom is -0.423 e. The molecule has 2 aromatic carbocycles. The average molecular weight is 297 g/mol. The smallest absolute Gasteiger partial charge is 0.343 e. The van der Waals surface area contributed by atoms with Crippen LogP contribution in [0.5, 0.6) is 11.5 Å². The maximum Gasteiger partial charge on any atom is 0.343 e. The number of hydrogen-bond donors (Lipinski definition) is 1. The van der Waals surface area contributed by atoms with Crippen LogP contribution in [-0.2, 0) is 4.79 Å². The molecule has 2 rings (SSSR count). The van der Waals surface area contributed by atoms with Gasteiger partial charge in [-0.05, 0) is 48.5 Å². The SMILES string of the molecule is C=CC(=O)Oc1ccc(C(=O)Oc2ccc(NC)cc2)cc1. The minimum atomic E-state index is -0.556. The number of nitrogens with one attached hydrogen (secondary N) is 1. The maximum atomic E-state index is 12.0. The Morgan fingerprint density at radius 1 is 0.955 bits per heavy atom. The number of anilines is 1. The van der Waals surface area contributed by atoms with E-state index in [1.54, 1.807) is 24.3 Å². The molecule has 0 aliphatic carbocycles. The molecule has 0 spiro atoms. The van der Waals surface area contributed by atoms with Gasteiger partial charge >= 0.3 is 11.9 Å². The second-order valence-corrected chi connectivity index (χ2v) is 4.31. The molecular formula is C17H15NO4. The first kappa shape index (κ1) is 15.3. The standard InChI is InChI=1S/C17H15NO4/c1-3-16(19)21-14-8-4-12(5-9-14)17(20)22-15-10-6-13(18-2)7-11-15/h3-11,18H,1H2,2H3. The first-order chi connectivity index (χ1) is 10.6. The fourth-order valence-electron chi connectivity index (χ4n) is 1.67. The Kier molecular flexibility index (Phi) is 4.93. The first-order valence-corrected chi connectivity index (χ1v) is 6.56. The van der Waals surface area contributed by atoms with Crippen molar-refractivity contribution in [3.05, 3.63) is 66.7 Å². The van der Waals surface area contributed by atoms with Crippen LogP contribution in [0.25, 0.3) is 0 Å². The van der Waals surface area contributed by atoms with E-state index in [9.17, 15) is 9.59 Å². The van der Waals surface area contributed by atoms with Crippen LogP contribution in [0.1, 0.15) is 10.4 Å². The monoisotopic (exact) mass is 297 g/mol. The summed E-state index contributed by atoms with van der Waals surface area (Å²) in [6, 6.07) is 13.1. The number of carbonyl (C=O) groups excluding carboxylic acids is 2. The molecule has 0 aliphatic rings. The van der Waals surface area contributed by atoms with Crippen molar-refractivity contribution in [2.75, 3.05) is 12.4 Å². The van der Waals surface area contributed by atoms with Crippen molar-refractivity contribution in [3.63, 3.8) is 0 Å². The third-order valence-corrected chi connectivity index (χ3v) is 2.83. The highest BCUT2D eigenvalue weighted by molar-refractivity contribution is 5.91. The van der Waals surface area contributed by atoms with Crippen molar-refractivity contribution in [2.45, 2.75) is 0 Å². The molecule has 0 bridgehead atoms. The Morgan fingerprint density at radius 3 is 2.05 bits per heavy atom. The summed E-state index contributed by atoms with van der Waals surface area (Å²) in [6.45, 7) is 3.31. The van der Waals surface area contributed by atoms with Crippen LogP contribution in [-0.4, -0.2) is 19.0 Å². The fraction of sp³-hybridized carbons (Fsp3) is 0.0588. The zero-order valence-electron chi connectivity index (χ0n) is 12.0. The second-order valence-electron chi connectivity index (χ2n) is 4.31. The lowest BCUT2D eigenvalue weighted by atomic mass is 10.2. The number of carbonyl (C=O) groups is 2. The van der Waals surface area contributed by atoms with Gasteiger partial charge in [0.2, 0.25) is 0 Å². The summed E-state index contributed by atoms with van der Waals surface area (Å²) in [4.78, 5) is 23.1. The lowest BCUT2D eigenvalue weighted by Crippen LogP contribution is -2.09. The molecule has 5 heteroatoms. The van der Waals surface area contributed by atoms with Gasteiger partial charge in [0.15, 0.2) is 0 Å². The number of benzene rings is 2. The van der Waals surface area contributed by atoms with Crippen molar-refractivity contribution in [3.8, 4) is 11.5 Å². The zero-order valence-corrected chi connectivity index (χ0v) is 12.0. The molecule has 0 unspecified atom stereocenters. The molecule has 22 heavy (non-hydrogen) atoms. The van der Waals surface area contributed by atoms with E-state index >= 15 is 0 Å². The third kappa shape index (κ3) is 3.96. The van der Waals surface area contributed by atoms with Crippen molar-refractivity contribution in [1.82, 2.24) is 0 Å². The molecule has 112 valence electrons. The van der Waals surface area contributed by atoms with Crippen LogP contribution in [0, 0.1) is 0 Å². The van der Waals surface area contributed by atoms with E-state index in [0.717, 1.165) is 11.8 Å². The van der Waals surface area contributed by atoms with Gasteiger partial charge < -0.3 is 14.8 Å². The van der Waals surface area contributed by atoms with E-state index in [1.807, 2.05) is 7.05 Å². The molecule has 0 saturated heterocycles. The molecule has 0 aliphatic heterocycles. The molecule has 0 heterocycles. The molecule has 0 atom stereocenters. The van der Waals surface area contributed by atoms with Crippen LogP contribution < -0.4 is 14.8 Å². The predicted octanol–water partition coefficient (Wildman–Crippen LogP) is 3.04. The van der Waals surface area contributed by atoms with E-state index < -0.39 is 11.9 Å². The maximum absolute atomic E-state index is 12.0. The number of hydrogen-bond acceptors (Lipinski definition) is 5. The van der Waals surface area contributed by atoms with E-state index in [0.29, 0.717) is 17.1 Å². The van der Waals surface area contributed by atoms with Crippen molar-refractivity contribution >= 4 is 17.6 Å². The number of esters is 2. The highest BCUT2D eigenvalue weighted by Gasteiger charge is 2.09. The van der Waals surface area contributed by atoms with E-state index in [2.05, 4.69) is 11.9 Å². The van der Waals surface area contributed by atoms with Gasteiger partial charge in [-0.3, -0.25) is 0 Å². The van der Waals surface area contributed by atoms with Crippen LogP contribution in [0.4, 0.5) is 5.69 Å². The summed E-state index contributed by atoms with van der Waals surface area (Å²) in [5.74, 6) is -0.260. The van der Waals surface area contributed by atoms with Gasteiger partial charge in [0.1, 0.15) is 11.5 Å². The molecule has 0 amide bonds. The van der Waals surface area contributed by atoms with Crippen LogP contribution >= 0.6 is 0 Å². The van der Waals surface area contributed by atoms with Crippen LogP contribution in [0.15, 0.2) is 61.2 Å². The van der Waals surface area contributed by atoms with E-state index in [4.69, 9.17) is 9.47 Å². The summed E-state index contributed by atoms with van der Waals surface area (Å²) >= 11 is 0. The second kappa shape index (κ2) is 7.08. The predicted molar refractivity (Wildman–Crippen MR) is 83.2 cm³/mol. The Morgan fingerprint density at radius 2 is 1.50 bits per heavy atom. The van der Waals surface area contributed by atoms with Crippen LogP contribution in [0.2, 0.25) is 0 Å².